The highest BCUT2D eigenvalue weighted by Crippen LogP contribution is 2.24. The Morgan fingerprint density at radius 2 is 1.86 bits per heavy atom. The predicted octanol–water partition coefficient (Wildman–Crippen LogP) is 2.98. The fraction of sp³-hybridized carbons (Fsp3) is 0. The van der Waals surface area contributed by atoms with Gasteiger partial charge in [0.25, 0.3) is 10.0 Å². The van der Waals surface area contributed by atoms with Crippen molar-refractivity contribution in [3.63, 3.8) is 0 Å². The largest absolute Gasteiger partial charge is 0.478 e. The zero-order valence-electron chi connectivity index (χ0n) is 10.4. The second-order valence-electron chi connectivity index (χ2n) is 4.03. The Labute approximate surface area is 125 Å². The molecule has 0 atom stereocenters. The Bertz CT molecular complexity index is 808. The van der Waals surface area contributed by atoms with E-state index in [1.165, 1.54) is 12.1 Å². The molecule has 0 aliphatic carbocycles. The predicted molar refractivity (Wildman–Crippen MR) is 75.6 cm³/mol. The molecule has 2 N–H and O–H groups in total. The summed E-state index contributed by atoms with van der Waals surface area (Å²) >= 11 is 5.84. The van der Waals surface area contributed by atoms with Crippen molar-refractivity contribution in [3.8, 4) is 0 Å². The molecular weight excluding hydrogens is 321 g/mol. The normalized spacial score (nSPS) is 11.1. The van der Waals surface area contributed by atoms with Gasteiger partial charge >= 0.3 is 5.97 Å². The van der Waals surface area contributed by atoms with Gasteiger partial charge in [0.15, 0.2) is 0 Å². The Balaban J connectivity index is 2.43. The number of carboxylic acids is 1. The van der Waals surface area contributed by atoms with Gasteiger partial charge in [-0.3, -0.25) is 4.72 Å². The van der Waals surface area contributed by atoms with Gasteiger partial charge in [-0.15, -0.1) is 0 Å². The Kier molecular flexibility index (Phi) is 4.15. The number of carboxylic acid groups (broad SMARTS) is 1. The maximum atomic E-state index is 13.3. The van der Waals surface area contributed by atoms with Gasteiger partial charge < -0.3 is 5.11 Å². The number of para-hydroxylation sites is 1. The third kappa shape index (κ3) is 3.32. The molecule has 5 nitrogen and oxygen atoms in total. The first-order chi connectivity index (χ1) is 9.81. The second-order valence-corrected chi connectivity index (χ2v) is 6.12. The molecule has 0 saturated carbocycles. The number of halogens is 2. The van der Waals surface area contributed by atoms with Crippen LogP contribution in [-0.2, 0) is 10.0 Å². The number of nitrogens with one attached hydrogen (secondary N) is 1. The highest BCUT2D eigenvalue weighted by Gasteiger charge is 2.19. The molecule has 0 bridgehead atoms. The fourth-order valence-electron chi connectivity index (χ4n) is 1.58. The number of anilines is 1. The van der Waals surface area contributed by atoms with Crippen molar-refractivity contribution in [2.24, 2.45) is 0 Å². The molecule has 2 aromatic carbocycles. The van der Waals surface area contributed by atoms with E-state index in [4.69, 9.17) is 16.7 Å². The lowest BCUT2D eigenvalue weighted by molar-refractivity contribution is 0.0691. The second kappa shape index (κ2) is 5.71. The van der Waals surface area contributed by atoms with Gasteiger partial charge in [0.2, 0.25) is 0 Å². The minimum Gasteiger partial charge on any atom is -0.478 e. The third-order valence-electron chi connectivity index (χ3n) is 2.60. The van der Waals surface area contributed by atoms with Crippen molar-refractivity contribution in [1.82, 2.24) is 0 Å². The molecule has 0 aliphatic rings. The van der Waals surface area contributed by atoms with Crippen LogP contribution in [0.5, 0.6) is 0 Å². The molecule has 0 radical (unpaired) electrons. The monoisotopic (exact) mass is 329 g/mol. The molecular formula is C13H9ClFNO4S. The van der Waals surface area contributed by atoms with E-state index in [9.17, 15) is 17.6 Å². The van der Waals surface area contributed by atoms with Gasteiger partial charge in [-0.25, -0.2) is 17.6 Å². The average molecular weight is 330 g/mol. The van der Waals surface area contributed by atoms with E-state index in [0.717, 1.165) is 18.2 Å². The van der Waals surface area contributed by atoms with Gasteiger partial charge in [0.05, 0.1) is 21.2 Å². The molecule has 8 heteroatoms. The van der Waals surface area contributed by atoms with Crippen molar-refractivity contribution in [2.45, 2.75) is 4.90 Å². The van der Waals surface area contributed by atoms with Crippen molar-refractivity contribution in [3.05, 3.63) is 58.9 Å². The zero-order chi connectivity index (χ0) is 15.6. The molecule has 0 heterocycles. The number of hydrogen-bond donors (Lipinski definition) is 2. The van der Waals surface area contributed by atoms with Crippen LogP contribution < -0.4 is 4.72 Å². The third-order valence-corrected chi connectivity index (χ3v) is 4.29. The zero-order valence-corrected chi connectivity index (χ0v) is 12.0. The van der Waals surface area contributed by atoms with E-state index in [1.54, 1.807) is 12.1 Å². The maximum absolute atomic E-state index is 13.3. The van der Waals surface area contributed by atoms with Crippen LogP contribution in [0.25, 0.3) is 0 Å². The van der Waals surface area contributed by atoms with Crippen LogP contribution >= 0.6 is 11.6 Å². The first kappa shape index (κ1) is 15.3. The first-order valence-electron chi connectivity index (χ1n) is 5.61. The topological polar surface area (TPSA) is 83.5 Å². The summed E-state index contributed by atoms with van der Waals surface area (Å²) < 4.78 is 39.8. The quantitative estimate of drug-likeness (QED) is 0.903. The number of sulfonamides is 1. The Morgan fingerprint density at radius 3 is 2.48 bits per heavy atom. The summed E-state index contributed by atoms with van der Waals surface area (Å²) in [5.41, 5.74) is -0.586. The highest BCUT2D eigenvalue weighted by molar-refractivity contribution is 7.92. The first-order valence-corrected chi connectivity index (χ1v) is 7.47. The number of rotatable bonds is 4. The summed E-state index contributed by atoms with van der Waals surface area (Å²) in [6, 6.07) is 8.65. The molecule has 0 aliphatic heterocycles. The van der Waals surface area contributed by atoms with Crippen LogP contribution in [0.15, 0.2) is 47.4 Å². The van der Waals surface area contributed by atoms with Crippen molar-refractivity contribution in [1.29, 1.82) is 0 Å². The molecule has 2 aromatic rings. The molecule has 0 unspecified atom stereocenters. The summed E-state index contributed by atoms with van der Waals surface area (Å²) in [4.78, 5) is 10.5. The smallest absolute Gasteiger partial charge is 0.338 e. The van der Waals surface area contributed by atoms with E-state index >= 15 is 0 Å². The van der Waals surface area contributed by atoms with E-state index in [1.807, 2.05) is 0 Å². The van der Waals surface area contributed by atoms with Gasteiger partial charge in [0, 0.05) is 0 Å². The summed E-state index contributed by atoms with van der Waals surface area (Å²) in [6.45, 7) is 0. The Morgan fingerprint density at radius 1 is 1.19 bits per heavy atom. The SMILES string of the molecule is O=C(O)c1cc(S(=O)(=O)Nc2ccccc2Cl)ccc1F. The van der Waals surface area contributed by atoms with Gasteiger partial charge in [0.1, 0.15) is 5.82 Å². The molecule has 110 valence electrons. The molecule has 0 spiro atoms. The maximum Gasteiger partial charge on any atom is 0.338 e. The van der Waals surface area contributed by atoms with E-state index < -0.39 is 27.4 Å². The molecule has 0 saturated heterocycles. The minimum atomic E-state index is -4.07. The van der Waals surface area contributed by atoms with Crippen molar-refractivity contribution >= 4 is 33.3 Å². The van der Waals surface area contributed by atoms with E-state index in [0.29, 0.717) is 0 Å². The van der Waals surface area contributed by atoms with E-state index in [2.05, 4.69) is 4.72 Å². The fourth-order valence-corrected chi connectivity index (χ4v) is 2.93. The molecule has 2 rings (SSSR count). The van der Waals surface area contributed by atoms with E-state index in [-0.39, 0.29) is 15.6 Å². The lowest BCUT2D eigenvalue weighted by atomic mass is 10.2. The molecule has 21 heavy (non-hydrogen) atoms. The lowest BCUT2D eigenvalue weighted by Crippen LogP contribution is -2.14. The van der Waals surface area contributed by atoms with Gasteiger partial charge in [-0.05, 0) is 30.3 Å². The molecule has 0 fully saturated rings. The molecule has 0 aromatic heterocycles. The van der Waals surface area contributed by atoms with Crippen LogP contribution in [0.2, 0.25) is 5.02 Å². The standard InChI is InChI=1S/C13H9ClFNO4S/c14-10-3-1-2-4-12(10)16-21(19,20)8-5-6-11(15)9(7-8)13(17)18/h1-7,16H,(H,17,18). The van der Waals surface area contributed by atoms with Gasteiger partial charge in [-0.2, -0.15) is 0 Å². The van der Waals surface area contributed by atoms with Crippen LogP contribution in [-0.4, -0.2) is 19.5 Å². The number of hydrogen-bond acceptors (Lipinski definition) is 3. The summed E-state index contributed by atoms with van der Waals surface area (Å²) in [7, 11) is -4.07. The molecule has 0 amide bonds. The number of benzene rings is 2. The van der Waals surface area contributed by atoms with Crippen molar-refractivity contribution < 1.29 is 22.7 Å². The summed E-state index contributed by atoms with van der Waals surface area (Å²) in [5, 5.41) is 9.00. The number of aromatic carboxylic acids is 1. The van der Waals surface area contributed by atoms with Crippen molar-refractivity contribution in [2.75, 3.05) is 4.72 Å². The van der Waals surface area contributed by atoms with Crippen LogP contribution in [0.4, 0.5) is 10.1 Å². The highest BCUT2D eigenvalue weighted by atomic mass is 35.5. The minimum absolute atomic E-state index is 0.139. The lowest BCUT2D eigenvalue weighted by Gasteiger charge is -2.10. The summed E-state index contributed by atoms with van der Waals surface area (Å²) in [5.74, 6) is -2.57. The summed E-state index contributed by atoms with van der Waals surface area (Å²) in [6.07, 6.45) is 0. The van der Waals surface area contributed by atoms with Crippen LogP contribution in [0.3, 0.4) is 0 Å². The number of carbonyl (C=O) groups is 1. The van der Waals surface area contributed by atoms with Gasteiger partial charge in [-0.1, -0.05) is 23.7 Å². The average Bonchev–Trinajstić information content (AvgIpc) is 2.41. The van der Waals surface area contributed by atoms with Crippen LogP contribution in [0, 0.1) is 5.82 Å². The van der Waals surface area contributed by atoms with Crippen LogP contribution in [0.1, 0.15) is 10.4 Å². The Hall–Kier alpha value is -2.12.